The van der Waals surface area contributed by atoms with Crippen molar-refractivity contribution in [2.75, 3.05) is 32.7 Å². The van der Waals surface area contributed by atoms with Crippen LogP contribution in [0.5, 0.6) is 0 Å². The number of hydrogen-bond donors (Lipinski definition) is 1. The van der Waals surface area contributed by atoms with E-state index in [0.29, 0.717) is 31.4 Å². The van der Waals surface area contributed by atoms with Crippen LogP contribution in [0.2, 0.25) is 0 Å². The minimum absolute atomic E-state index is 0.0936. The SMILES string of the molecule is Cn1nc(C(N)=O)c2c1C(=O)N(CC1(S(=O)(=O)C(C)(C)CN3CC(F)C3)CC1)CC2. The minimum atomic E-state index is -3.59. The summed E-state index contributed by atoms with van der Waals surface area (Å²) in [6.45, 7) is 4.60. The highest BCUT2D eigenvalue weighted by Crippen LogP contribution is 2.49. The Kier molecular flexibility index (Phi) is 4.77. The number of halogens is 1. The predicted molar refractivity (Wildman–Crippen MR) is 108 cm³/mol. The summed E-state index contributed by atoms with van der Waals surface area (Å²) in [7, 11) is -2.01. The topological polar surface area (TPSA) is 119 Å². The van der Waals surface area contributed by atoms with Crippen LogP contribution in [-0.4, -0.2) is 88.2 Å². The summed E-state index contributed by atoms with van der Waals surface area (Å²) < 4.78 is 39.6. The van der Waals surface area contributed by atoms with E-state index in [9.17, 15) is 22.4 Å². The second kappa shape index (κ2) is 6.74. The van der Waals surface area contributed by atoms with Gasteiger partial charge in [-0.1, -0.05) is 0 Å². The Balaban J connectivity index is 1.54. The third-order valence-electron chi connectivity index (χ3n) is 6.60. The standard InChI is InChI=1S/C19H28FN5O4S/c1-18(2,10-24-8-12(20)9-24)30(28,29)19(5-6-19)11-25-7-4-13-14(16(21)26)22-23(3)15(13)17(25)27/h12H,4-11H2,1-3H3,(H2,21,26). The summed E-state index contributed by atoms with van der Waals surface area (Å²) in [5, 5.41) is 4.07. The van der Waals surface area contributed by atoms with Crippen LogP contribution in [0.4, 0.5) is 4.39 Å². The van der Waals surface area contributed by atoms with E-state index in [0.717, 1.165) is 0 Å². The molecule has 0 spiro atoms. The first-order valence-corrected chi connectivity index (χ1v) is 11.6. The van der Waals surface area contributed by atoms with Crippen LogP contribution < -0.4 is 5.73 Å². The third-order valence-corrected chi connectivity index (χ3v) is 9.86. The average molecular weight is 442 g/mol. The lowest BCUT2D eigenvalue weighted by molar-refractivity contribution is 0.0586. The largest absolute Gasteiger partial charge is 0.364 e. The van der Waals surface area contributed by atoms with Gasteiger partial charge in [-0.25, -0.2) is 12.8 Å². The molecule has 1 aromatic heterocycles. The number of nitrogens with zero attached hydrogens (tertiary/aromatic N) is 4. The minimum Gasteiger partial charge on any atom is -0.364 e. The van der Waals surface area contributed by atoms with Crippen molar-refractivity contribution in [3.05, 3.63) is 17.0 Å². The number of sulfone groups is 1. The van der Waals surface area contributed by atoms with Crippen molar-refractivity contribution in [1.82, 2.24) is 19.6 Å². The number of primary amides is 1. The van der Waals surface area contributed by atoms with Crippen molar-refractivity contribution in [3.63, 3.8) is 0 Å². The van der Waals surface area contributed by atoms with Crippen LogP contribution in [-0.2, 0) is 23.3 Å². The number of fused-ring (bicyclic) bond motifs is 1. The zero-order valence-electron chi connectivity index (χ0n) is 17.5. The molecule has 2 aliphatic heterocycles. The lowest BCUT2D eigenvalue weighted by Crippen LogP contribution is -2.58. The maximum Gasteiger partial charge on any atom is 0.272 e. The van der Waals surface area contributed by atoms with Crippen molar-refractivity contribution in [1.29, 1.82) is 0 Å². The van der Waals surface area contributed by atoms with Crippen molar-refractivity contribution >= 4 is 21.7 Å². The number of aromatic nitrogens is 2. The Morgan fingerprint density at radius 2 is 1.97 bits per heavy atom. The number of carbonyl (C=O) groups excluding carboxylic acids is 2. The van der Waals surface area contributed by atoms with E-state index in [1.54, 1.807) is 25.8 Å². The molecule has 0 aromatic carbocycles. The zero-order chi connectivity index (χ0) is 22.1. The highest BCUT2D eigenvalue weighted by molar-refractivity contribution is 7.94. The molecule has 2 amide bonds. The molecule has 0 atom stereocenters. The van der Waals surface area contributed by atoms with E-state index in [1.165, 1.54) is 4.68 Å². The van der Waals surface area contributed by atoms with E-state index < -0.39 is 31.4 Å². The van der Waals surface area contributed by atoms with Gasteiger partial charge in [0.05, 0.1) is 9.49 Å². The van der Waals surface area contributed by atoms with E-state index in [4.69, 9.17) is 5.73 Å². The van der Waals surface area contributed by atoms with Gasteiger partial charge >= 0.3 is 0 Å². The molecule has 1 aliphatic carbocycles. The molecule has 1 saturated heterocycles. The summed E-state index contributed by atoms with van der Waals surface area (Å²) in [5.41, 5.74) is 6.27. The highest BCUT2D eigenvalue weighted by Gasteiger charge is 2.61. The fourth-order valence-corrected chi connectivity index (χ4v) is 7.25. The molecular formula is C19H28FN5O4S. The number of rotatable bonds is 7. The lowest BCUT2D eigenvalue weighted by atomic mass is 10.0. The van der Waals surface area contributed by atoms with Gasteiger partial charge in [-0.05, 0) is 33.1 Å². The summed E-state index contributed by atoms with van der Waals surface area (Å²) in [6.07, 6.45) is 0.513. The maximum absolute atomic E-state index is 13.5. The number of likely N-dealkylation sites (tertiary alicyclic amines) is 1. The van der Waals surface area contributed by atoms with Crippen molar-refractivity contribution in [2.45, 2.75) is 48.8 Å². The molecule has 4 rings (SSSR count). The molecule has 0 unspecified atom stereocenters. The number of aryl methyl sites for hydroxylation is 1. The smallest absolute Gasteiger partial charge is 0.272 e. The van der Waals surface area contributed by atoms with E-state index in [-0.39, 0.29) is 43.5 Å². The normalized spacial score (nSPS) is 22.0. The second-order valence-corrected chi connectivity index (χ2v) is 12.4. The molecule has 3 heterocycles. The molecule has 2 N–H and O–H groups in total. The fourth-order valence-electron chi connectivity index (χ4n) is 4.76. The highest BCUT2D eigenvalue weighted by atomic mass is 32.2. The summed E-state index contributed by atoms with van der Waals surface area (Å²) in [5.74, 6) is -1.02. The zero-order valence-corrected chi connectivity index (χ0v) is 18.3. The van der Waals surface area contributed by atoms with Gasteiger partial charge in [-0.3, -0.25) is 19.2 Å². The molecule has 9 nitrogen and oxygen atoms in total. The van der Waals surface area contributed by atoms with E-state index in [1.807, 2.05) is 4.90 Å². The van der Waals surface area contributed by atoms with Gasteiger partial charge in [-0.2, -0.15) is 5.10 Å². The van der Waals surface area contributed by atoms with Crippen molar-refractivity contribution < 1.29 is 22.4 Å². The van der Waals surface area contributed by atoms with E-state index >= 15 is 0 Å². The van der Waals surface area contributed by atoms with Crippen molar-refractivity contribution in [2.24, 2.45) is 12.8 Å². The number of nitrogens with two attached hydrogens (primary N) is 1. The number of carbonyl (C=O) groups is 2. The van der Waals surface area contributed by atoms with Gasteiger partial charge in [0.2, 0.25) is 0 Å². The number of hydrogen-bond acceptors (Lipinski definition) is 6. The maximum atomic E-state index is 13.5. The first kappa shape index (κ1) is 21.2. The Bertz CT molecular complexity index is 1010. The van der Waals surface area contributed by atoms with Gasteiger partial charge < -0.3 is 10.6 Å². The van der Waals surface area contributed by atoms with Crippen LogP contribution in [0.25, 0.3) is 0 Å². The fraction of sp³-hybridized carbons (Fsp3) is 0.737. The second-order valence-electron chi connectivity index (χ2n) is 9.38. The number of alkyl halides is 1. The van der Waals surface area contributed by atoms with Crippen LogP contribution in [0.15, 0.2) is 0 Å². The molecule has 166 valence electrons. The molecule has 2 fully saturated rings. The number of amides is 2. The molecular weight excluding hydrogens is 413 g/mol. The molecule has 0 bridgehead atoms. The molecule has 1 saturated carbocycles. The van der Waals surface area contributed by atoms with Crippen LogP contribution in [0.1, 0.15) is 53.2 Å². The molecule has 3 aliphatic rings. The molecule has 1 aromatic rings. The molecule has 11 heteroatoms. The third kappa shape index (κ3) is 3.13. The summed E-state index contributed by atoms with van der Waals surface area (Å²) >= 11 is 0. The molecule has 0 radical (unpaired) electrons. The Morgan fingerprint density at radius 3 is 2.50 bits per heavy atom. The monoisotopic (exact) mass is 441 g/mol. The van der Waals surface area contributed by atoms with Gasteiger partial charge in [0.15, 0.2) is 15.5 Å². The van der Waals surface area contributed by atoms with Gasteiger partial charge in [-0.15, -0.1) is 0 Å². The van der Waals surface area contributed by atoms with Crippen LogP contribution in [0.3, 0.4) is 0 Å². The first-order chi connectivity index (χ1) is 13.9. The Hall–Kier alpha value is -2.01. The first-order valence-electron chi connectivity index (χ1n) is 10.1. The van der Waals surface area contributed by atoms with Crippen LogP contribution >= 0.6 is 0 Å². The summed E-state index contributed by atoms with van der Waals surface area (Å²) in [6, 6.07) is 0. The Labute approximate surface area is 175 Å². The quantitative estimate of drug-likeness (QED) is 0.631. The van der Waals surface area contributed by atoms with E-state index in [2.05, 4.69) is 5.10 Å². The van der Waals surface area contributed by atoms with Crippen molar-refractivity contribution in [3.8, 4) is 0 Å². The average Bonchev–Trinajstić information content (AvgIpc) is 3.33. The summed E-state index contributed by atoms with van der Waals surface area (Å²) in [4.78, 5) is 28.1. The predicted octanol–water partition coefficient (Wildman–Crippen LogP) is -0.103. The Morgan fingerprint density at radius 1 is 1.33 bits per heavy atom. The van der Waals surface area contributed by atoms with Gasteiger partial charge in [0.1, 0.15) is 11.9 Å². The van der Waals surface area contributed by atoms with Gasteiger partial charge in [0, 0.05) is 45.3 Å². The lowest BCUT2D eigenvalue weighted by Gasteiger charge is -2.41. The van der Waals surface area contributed by atoms with Gasteiger partial charge in [0.25, 0.3) is 11.8 Å². The van der Waals surface area contributed by atoms with Crippen LogP contribution in [0, 0.1) is 0 Å². The molecule has 30 heavy (non-hydrogen) atoms.